The summed E-state index contributed by atoms with van der Waals surface area (Å²) in [6, 6.07) is 0. The van der Waals surface area contributed by atoms with Gasteiger partial charge in [0.25, 0.3) is 7.82 Å². The normalized spacial score (nSPS) is 14.1. The summed E-state index contributed by atoms with van der Waals surface area (Å²) < 4.78 is 34.1. The van der Waals surface area contributed by atoms with Crippen molar-refractivity contribution < 1.29 is 42.1 Å². The fraction of sp³-hybridized carbons (Fsp3) is 0.719. The van der Waals surface area contributed by atoms with Gasteiger partial charge in [0, 0.05) is 12.8 Å². The van der Waals surface area contributed by atoms with Crippen molar-refractivity contribution in [3.63, 3.8) is 0 Å². The lowest BCUT2D eigenvalue weighted by atomic mass is 10.0. The third-order valence-electron chi connectivity index (χ3n) is 11.2. The molecule has 386 valence electrons. The molecule has 9 nitrogen and oxygen atoms in total. The van der Waals surface area contributed by atoms with Crippen LogP contribution in [0.4, 0.5) is 0 Å². The first-order valence-corrected chi connectivity index (χ1v) is 28.3. The molecule has 0 aliphatic heterocycles. The van der Waals surface area contributed by atoms with Gasteiger partial charge in [0.2, 0.25) is 0 Å². The minimum atomic E-state index is -4.64. The van der Waals surface area contributed by atoms with Crippen molar-refractivity contribution in [2.75, 3.05) is 47.5 Å². The molecule has 0 aromatic rings. The quantitative estimate of drug-likeness (QED) is 0.0195. The lowest BCUT2D eigenvalue weighted by molar-refractivity contribution is -0.870. The predicted octanol–water partition coefficient (Wildman–Crippen LogP) is 15.7. The number of hydrogen-bond donors (Lipinski definition) is 0. The van der Waals surface area contributed by atoms with Gasteiger partial charge in [-0.2, -0.15) is 0 Å². The number of likely N-dealkylation sites (N-methyl/N-ethyl adjacent to an activating group) is 1. The van der Waals surface area contributed by atoms with Crippen molar-refractivity contribution >= 4 is 19.8 Å². The largest absolute Gasteiger partial charge is 0.756 e. The zero-order chi connectivity index (χ0) is 49.2. The number of allylic oxidation sites excluding steroid dienone is 14. The van der Waals surface area contributed by atoms with E-state index in [4.69, 9.17) is 18.5 Å². The topological polar surface area (TPSA) is 111 Å². The molecule has 0 bridgehead atoms. The summed E-state index contributed by atoms with van der Waals surface area (Å²) in [5.41, 5.74) is 0. The molecule has 0 rings (SSSR count). The average Bonchev–Trinajstić information content (AvgIpc) is 3.29. The Kier molecular flexibility index (Phi) is 46.2. The van der Waals surface area contributed by atoms with E-state index in [1.54, 1.807) is 0 Å². The van der Waals surface area contributed by atoms with Gasteiger partial charge in [-0.15, -0.1) is 0 Å². The van der Waals surface area contributed by atoms with Crippen LogP contribution in [0.25, 0.3) is 0 Å². The maximum absolute atomic E-state index is 12.8. The third kappa shape index (κ3) is 52.4. The van der Waals surface area contributed by atoms with Crippen molar-refractivity contribution in [2.24, 2.45) is 0 Å². The number of carbonyl (C=O) groups excluding carboxylic acids is 2. The number of quaternary nitrogens is 1. The number of rotatable bonds is 48. The molecule has 0 amide bonds. The summed E-state index contributed by atoms with van der Waals surface area (Å²) in [5, 5.41) is 0. The van der Waals surface area contributed by atoms with E-state index in [9.17, 15) is 19.0 Å². The van der Waals surface area contributed by atoms with Crippen LogP contribution in [0.2, 0.25) is 0 Å². The summed E-state index contributed by atoms with van der Waals surface area (Å²) in [7, 11) is 1.14. The van der Waals surface area contributed by atoms with Crippen molar-refractivity contribution in [1.82, 2.24) is 0 Å². The highest BCUT2D eigenvalue weighted by molar-refractivity contribution is 7.45. The van der Waals surface area contributed by atoms with Gasteiger partial charge in [0.15, 0.2) is 6.10 Å². The van der Waals surface area contributed by atoms with E-state index in [1.807, 2.05) is 21.1 Å². The predicted molar refractivity (Wildman–Crippen MR) is 282 cm³/mol. The molecule has 67 heavy (non-hydrogen) atoms. The Labute approximate surface area is 411 Å². The SMILES string of the molecule is CC/C=C\C/C=C\C/C=C\C/C=C\C/C=C\C/C=C\C/C=C\CCCCCCCC(=O)OC(COC(=O)CCCCCCCCCCCCCCCCCC)COP(=O)([O-])OCC[N+](C)(C)C. The smallest absolute Gasteiger partial charge is 0.306 e. The lowest BCUT2D eigenvalue weighted by Gasteiger charge is -2.28. The summed E-state index contributed by atoms with van der Waals surface area (Å²) >= 11 is 0. The third-order valence-corrected chi connectivity index (χ3v) is 12.1. The minimum absolute atomic E-state index is 0.0381. The molecule has 0 saturated carbocycles. The Hall–Kier alpha value is -2.81. The number of ether oxygens (including phenoxy) is 2. The fourth-order valence-electron chi connectivity index (χ4n) is 7.05. The van der Waals surface area contributed by atoms with Crippen LogP contribution in [0, 0.1) is 0 Å². The number of hydrogen-bond acceptors (Lipinski definition) is 8. The lowest BCUT2D eigenvalue weighted by Crippen LogP contribution is -2.37. The molecule has 0 heterocycles. The first-order chi connectivity index (χ1) is 32.5. The molecular weight excluding hydrogens is 858 g/mol. The van der Waals surface area contributed by atoms with E-state index < -0.39 is 26.5 Å². The van der Waals surface area contributed by atoms with Gasteiger partial charge in [-0.05, 0) is 70.6 Å². The van der Waals surface area contributed by atoms with Crippen LogP contribution < -0.4 is 4.89 Å². The monoisotopic (exact) mass is 958 g/mol. The number of unbranched alkanes of at least 4 members (excludes halogenated alkanes) is 20. The molecule has 0 radical (unpaired) electrons. The Morgan fingerprint density at radius 2 is 0.851 bits per heavy atom. The first kappa shape index (κ1) is 64.2. The van der Waals surface area contributed by atoms with Crippen LogP contribution in [0.15, 0.2) is 85.1 Å². The van der Waals surface area contributed by atoms with Crippen molar-refractivity contribution in [2.45, 2.75) is 219 Å². The minimum Gasteiger partial charge on any atom is -0.756 e. The van der Waals surface area contributed by atoms with Crippen LogP contribution in [-0.4, -0.2) is 70.0 Å². The first-order valence-electron chi connectivity index (χ1n) is 26.8. The Bertz CT molecular complexity index is 1410. The molecule has 0 spiro atoms. The number of nitrogens with zero attached hydrogens (tertiary/aromatic N) is 1. The van der Waals surface area contributed by atoms with Crippen molar-refractivity contribution in [3.8, 4) is 0 Å². The van der Waals surface area contributed by atoms with Crippen LogP contribution in [0.5, 0.6) is 0 Å². The summed E-state index contributed by atoms with van der Waals surface area (Å²) in [6.45, 7) is 4.10. The van der Waals surface area contributed by atoms with Gasteiger partial charge >= 0.3 is 11.9 Å². The second-order valence-electron chi connectivity index (χ2n) is 18.9. The zero-order valence-electron chi connectivity index (χ0n) is 43.6. The number of phosphoric ester groups is 1. The molecule has 0 aliphatic carbocycles. The highest BCUT2D eigenvalue weighted by Crippen LogP contribution is 2.38. The second-order valence-corrected chi connectivity index (χ2v) is 20.3. The summed E-state index contributed by atoms with van der Waals surface area (Å²) in [5.74, 6) is -0.856. The van der Waals surface area contributed by atoms with E-state index in [0.29, 0.717) is 17.4 Å². The van der Waals surface area contributed by atoms with Crippen LogP contribution in [0.3, 0.4) is 0 Å². The number of carbonyl (C=O) groups is 2. The summed E-state index contributed by atoms with van der Waals surface area (Å²) in [4.78, 5) is 37.8. The van der Waals surface area contributed by atoms with Crippen LogP contribution in [-0.2, 0) is 32.7 Å². The fourth-order valence-corrected chi connectivity index (χ4v) is 7.78. The van der Waals surface area contributed by atoms with Gasteiger partial charge in [-0.3, -0.25) is 14.2 Å². The molecular formula is C57H100NO8P. The van der Waals surface area contributed by atoms with Gasteiger partial charge in [-0.25, -0.2) is 0 Å². The van der Waals surface area contributed by atoms with Crippen LogP contribution >= 0.6 is 7.82 Å². The molecule has 2 atom stereocenters. The molecule has 0 aromatic carbocycles. The molecule has 0 fully saturated rings. The van der Waals surface area contributed by atoms with Crippen molar-refractivity contribution in [1.29, 1.82) is 0 Å². The van der Waals surface area contributed by atoms with E-state index in [-0.39, 0.29) is 32.0 Å². The standard InChI is InChI=1S/C57H100NO8P/c1-6-8-10-12-14-16-18-20-22-24-25-26-27-28-29-30-31-32-33-34-36-38-40-42-44-46-48-50-57(60)66-55(54-65-67(61,62)64-52-51-58(3,4)5)53-63-56(59)49-47-45-43-41-39-37-35-23-21-19-17-15-13-11-9-7-2/h8,10,14,16,20,22,25-26,28-29,31-32,34,36,55H,6-7,9,11-13,15,17-19,21,23-24,27,30,33,35,37-54H2,1-5H3/b10-8-,16-14-,22-20-,26-25-,29-28-,32-31-,36-34-. The molecule has 10 heteroatoms. The second kappa shape index (κ2) is 48.2. The Morgan fingerprint density at radius 3 is 1.27 bits per heavy atom. The maximum atomic E-state index is 12.8. The molecule has 0 aliphatic rings. The molecule has 0 saturated heterocycles. The van der Waals surface area contributed by atoms with Gasteiger partial charge in [-0.1, -0.05) is 214 Å². The van der Waals surface area contributed by atoms with Gasteiger partial charge in [0.05, 0.1) is 27.7 Å². The summed E-state index contributed by atoms with van der Waals surface area (Å²) in [6.07, 6.45) is 63.3. The van der Waals surface area contributed by atoms with Crippen LogP contribution in [0.1, 0.15) is 213 Å². The maximum Gasteiger partial charge on any atom is 0.306 e. The van der Waals surface area contributed by atoms with E-state index in [1.165, 1.54) is 83.5 Å². The molecule has 2 unspecified atom stereocenters. The van der Waals surface area contributed by atoms with E-state index in [2.05, 4.69) is 98.9 Å². The Balaban J connectivity index is 4.28. The van der Waals surface area contributed by atoms with E-state index in [0.717, 1.165) is 96.3 Å². The Morgan fingerprint density at radius 1 is 0.478 bits per heavy atom. The highest BCUT2D eigenvalue weighted by Gasteiger charge is 2.21. The molecule has 0 aromatic heterocycles. The number of esters is 2. The number of phosphoric acid groups is 1. The highest BCUT2D eigenvalue weighted by atomic mass is 31.2. The van der Waals surface area contributed by atoms with E-state index >= 15 is 0 Å². The average molecular weight is 958 g/mol. The van der Waals surface area contributed by atoms with Gasteiger partial charge in [0.1, 0.15) is 19.8 Å². The molecule has 0 N–H and O–H groups in total. The van der Waals surface area contributed by atoms with Gasteiger partial charge < -0.3 is 27.9 Å². The van der Waals surface area contributed by atoms with Crippen molar-refractivity contribution in [3.05, 3.63) is 85.1 Å². The zero-order valence-corrected chi connectivity index (χ0v) is 44.5.